The van der Waals surface area contributed by atoms with Gasteiger partial charge in [-0.05, 0) is 74.1 Å². The van der Waals surface area contributed by atoms with Crippen LogP contribution < -0.4 is 15.0 Å². The van der Waals surface area contributed by atoms with Gasteiger partial charge in [0.1, 0.15) is 5.75 Å². The molecule has 0 radical (unpaired) electrons. The summed E-state index contributed by atoms with van der Waals surface area (Å²) in [6.07, 6.45) is 2.37. The average Bonchev–Trinajstić information content (AvgIpc) is 2.60. The highest BCUT2D eigenvalue weighted by Gasteiger charge is 2.18. The Morgan fingerprint density at radius 3 is 2.44 bits per heavy atom. The molecule has 2 aromatic carbocycles. The van der Waals surface area contributed by atoms with Crippen molar-refractivity contribution in [3.8, 4) is 5.75 Å². The topological polar surface area (TPSA) is 41.6 Å². The molecule has 4 nitrogen and oxygen atoms in total. The lowest BCUT2D eigenvalue weighted by molar-refractivity contribution is -0.118. The Morgan fingerprint density at radius 1 is 1.15 bits per heavy atom. The summed E-state index contributed by atoms with van der Waals surface area (Å²) in [6, 6.07) is 11.6. The number of nitrogens with one attached hydrogen (secondary N) is 1. The maximum absolute atomic E-state index is 12.2. The first kappa shape index (κ1) is 19.6. The van der Waals surface area contributed by atoms with E-state index in [-0.39, 0.29) is 12.5 Å². The monoisotopic (exact) mass is 386 g/mol. The second kappa shape index (κ2) is 8.66. The number of halogens is 1. The van der Waals surface area contributed by atoms with Crippen LogP contribution in [0.5, 0.6) is 5.75 Å². The number of hydrogen-bond acceptors (Lipinski definition) is 3. The normalized spacial score (nSPS) is 14.9. The molecule has 1 saturated heterocycles. The van der Waals surface area contributed by atoms with E-state index in [4.69, 9.17) is 16.3 Å². The summed E-state index contributed by atoms with van der Waals surface area (Å²) in [4.78, 5) is 14.5. The van der Waals surface area contributed by atoms with Crippen molar-refractivity contribution in [3.63, 3.8) is 0 Å². The fourth-order valence-electron chi connectivity index (χ4n) is 3.45. The molecule has 2 aromatic rings. The Kier molecular flexibility index (Phi) is 6.27. The van der Waals surface area contributed by atoms with Gasteiger partial charge >= 0.3 is 0 Å². The van der Waals surface area contributed by atoms with E-state index in [9.17, 15) is 4.79 Å². The Bertz CT molecular complexity index is 794. The van der Waals surface area contributed by atoms with Crippen molar-refractivity contribution in [1.82, 2.24) is 0 Å². The Hall–Kier alpha value is -2.20. The second-order valence-corrected chi connectivity index (χ2v) is 7.90. The molecule has 1 amide bonds. The van der Waals surface area contributed by atoms with Crippen LogP contribution in [-0.2, 0) is 4.79 Å². The molecule has 0 atom stereocenters. The molecule has 1 N–H and O–H groups in total. The lowest BCUT2D eigenvalue weighted by atomic mass is 9.99. The predicted molar refractivity (Wildman–Crippen MR) is 112 cm³/mol. The van der Waals surface area contributed by atoms with E-state index in [0.717, 1.165) is 35.8 Å². The van der Waals surface area contributed by atoms with Crippen molar-refractivity contribution < 1.29 is 9.53 Å². The Balaban J connectivity index is 1.57. The summed E-state index contributed by atoms with van der Waals surface area (Å²) in [6.45, 7) is 8.32. The number of amides is 1. The van der Waals surface area contributed by atoms with Crippen LogP contribution in [0.3, 0.4) is 0 Å². The summed E-state index contributed by atoms with van der Waals surface area (Å²) < 4.78 is 5.61. The fourth-order valence-corrected chi connectivity index (χ4v) is 3.75. The summed E-state index contributed by atoms with van der Waals surface area (Å²) in [5.74, 6) is 1.27. The van der Waals surface area contributed by atoms with Crippen molar-refractivity contribution in [1.29, 1.82) is 0 Å². The maximum Gasteiger partial charge on any atom is 0.262 e. The highest BCUT2D eigenvalue weighted by atomic mass is 35.5. The molecule has 144 valence electrons. The molecule has 0 saturated carbocycles. The average molecular weight is 387 g/mol. The SMILES string of the molecule is Cc1cc(C)cc(OCC(=O)Nc2ccc(N3CCC(C)CC3)c(Cl)c2)c1. The van der Waals surface area contributed by atoms with Crippen LogP contribution in [0.15, 0.2) is 36.4 Å². The van der Waals surface area contributed by atoms with Gasteiger partial charge in [0.05, 0.1) is 10.7 Å². The minimum atomic E-state index is -0.204. The number of anilines is 2. The molecule has 0 aliphatic carbocycles. The minimum absolute atomic E-state index is 0.0354. The van der Waals surface area contributed by atoms with E-state index in [1.807, 2.05) is 44.2 Å². The summed E-state index contributed by atoms with van der Waals surface area (Å²) in [7, 11) is 0. The minimum Gasteiger partial charge on any atom is -0.484 e. The van der Waals surface area contributed by atoms with E-state index in [1.54, 1.807) is 0 Å². The molecule has 3 rings (SSSR count). The highest BCUT2D eigenvalue weighted by molar-refractivity contribution is 6.33. The van der Waals surface area contributed by atoms with Crippen molar-refractivity contribution in [2.24, 2.45) is 5.92 Å². The van der Waals surface area contributed by atoms with Crippen LogP contribution in [0.4, 0.5) is 11.4 Å². The lowest BCUT2D eigenvalue weighted by Crippen LogP contribution is -2.32. The van der Waals surface area contributed by atoms with E-state index < -0.39 is 0 Å². The highest BCUT2D eigenvalue weighted by Crippen LogP contribution is 2.31. The number of nitrogens with zero attached hydrogens (tertiary/aromatic N) is 1. The number of ether oxygens (including phenoxy) is 1. The summed E-state index contributed by atoms with van der Waals surface area (Å²) in [5.41, 5.74) is 3.94. The quantitative estimate of drug-likeness (QED) is 0.766. The van der Waals surface area contributed by atoms with Gasteiger partial charge in [0.25, 0.3) is 5.91 Å². The second-order valence-electron chi connectivity index (χ2n) is 7.50. The molecule has 1 fully saturated rings. The molecular weight excluding hydrogens is 360 g/mol. The van der Waals surface area contributed by atoms with Crippen LogP contribution >= 0.6 is 11.6 Å². The van der Waals surface area contributed by atoms with Gasteiger partial charge in [0.15, 0.2) is 6.61 Å². The predicted octanol–water partition coefficient (Wildman–Crippen LogP) is 5.21. The third-order valence-electron chi connectivity index (χ3n) is 4.92. The third-order valence-corrected chi connectivity index (χ3v) is 5.22. The smallest absolute Gasteiger partial charge is 0.262 e. The number of carbonyl (C=O) groups excluding carboxylic acids is 1. The first-order chi connectivity index (χ1) is 12.9. The van der Waals surface area contributed by atoms with Crippen LogP contribution in [-0.4, -0.2) is 25.6 Å². The van der Waals surface area contributed by atoms with Gasteiger partial charge in [0, 0.05) is 18.8 Å². The van der Waals surface area contributed by atoms with Gasteiger partial charge in [-0.3, -0.25) is 4.79 Å². The van der Waals surface area contributed by atoms with Gasteiger partial charge < -0.3 is 15.0 Å². The van der Waals surface area contributed by atoms with Crippen molar-refractivity contribution >= 4 is 28.9 Å². The number of hydrogen-bond donors (Lipinski definition) is 1. The number of aryl methyl sites for hydroxylation is 2. The van der Waals surface area contributed by atoms with Crippen molar-refractivity contribution in [2.75, 3.05) is 29.9 Å². The zero-order chi connectivity index (χ0) is 19.4. The molecule has 1 heterocycles. The largest absolute Gasteiger partial charge is 0.484 e. The zero-order valence-corrected chi connectivity index (χ0v) is 17.0. The van der Waals surface area contributed by atoms with E-state index in [1.165, 1.54) is 12.8 Å². The van der Waals surface area contributed by atoms with Gasteiger partial charge in [-0.15, -0.1) is 0 Å². The van der Waals surface area contributed by atoms with Crippen LogP contribution in [0.1, 0.15) is 30.9 Å². The van der Waals surface area contributed by atoms with Gasteiger partial charge in [-0.1, -0.05) is 24.6 Å². The summed E-state index contributed by atoms with van der Waals surface area (Å²) >= 11 is 6.47. The third kappa shape index (κ3) is 5.39. The molecule has 5 heteroatoms. The number of piperidine rings is 1. The molecule has 27 heavy (non-hydrogen) atoms. The number of rotatable bonds is 5. The summed E-state index contributed by atoms with van der Waals surface area (Å²) in [5, 5.41) is 3.52. The van der Waals surface area contributed by atoms with E-state index >= 15 is 0 Å². The number of carbonyl (C=O) groups is 1. The Morgan fingerprint density at radius 2 is 1.81 bits per heavy atom. The lowest BCUT2D eigenvalue weighted by Gasteiger charge is -2.32. The van der Waals surface area contributed by atoms with E-state index in [2.05, 4.69) is 23.2 Å². The molecule has 1 aliphatic rings. The number of benzene rings is 2. The maximum atomic E-state index is 12.2. The van der Waals surface area contributed by atoms with Gasteiger partial charge in [-0.2, -0.15) is 0 Å². The van der Waals surface area contributed by atoms with Crippen LogP contribution in [0.2, 0.25) is 5.02 Å². The Labute approximate surface area is 166 Å². The molecule has 0 aromatic heterocycles. The molecular formula is C22H27ClN2O2. The first-order valence-corrected chi connectivity index (χ1v) is 9.84. The van der Waals surface area contributed by atoms with Gasteiger partial charge in [0.2, 0.25) is 0 Å². The first-order valence-electron chi connectivity index (χ1n) is 9.46. The molecule has 0 bridgehead atoms. The van der Waals surface area contributed by atoms with E-state index in [0.29, 0.717) is 16.5 Å². The standard InChI is InChI=1S/C22H27ClN2O2/c1-15-6-8-25(9-7-15)21-5-4-18(13-20(21)23)24-22(26)14-27-19-11-16(2)10-17(3)12-19/h4-5,10-13,15H,6-9,14H2,1-3H3,(H,24,26). The fraction of sp³-hybridized carbons (Fsp3) is 0.409. The molecule has 0 spiro atoms. The molecule has 0 unspecified atom stereocenters. The van der Waals surface area contributed by atoms with Gasteiger partial charge in [-0.25, -0.2) is 0 Å². The van der Waals surface area contributed by atoms with Crippen molar-refractivity contribution in [2.45, 2.75) is 33.6 Å². The van der Waals surface area contributed by atoms with Crippen LogP contribution in [0, 0.1) is 19.8 Å². The van der Waals surface area contributed by atoms with Crippen molar-refractivity contribution in [3.05, 3.63) is 52.5 Å². The van der Waals surface area contributed by atoms with Crippen LogP contribution in [0.25, 0.3) is 0 Å². The zero-order valence-electron chi connectivity index (χ0n) is 16.2. The molecule has 1 aliphatic heterocycles.